The van der Waals surface area contributed by atoms with Crippen LogP contribution in [0.2, 0.25) is 5.02 Å². The zero-order valence-electron chi connectivity index (χ0n) is 20.9. The molecule has 2 aromatic heterocycles. The van der Waals surface area contributed by atoms with Crippen LogP contribution in [-0.4, -0.2) is 36.5 Å². The number of hydrogen-bond donors (Lipinski definition) is 0. The highest BCUT2D eigenvalue weighted by Crippen LogP contribution is 2.32. The maximum absolute atomic E-state index is 6.29. The molecule has 0 unspecified atom stereocenters. The van der Waals surface area contributed by atoms with E-state index < -0.39 is 0 Å². The van der Waals surface area contributed by atoms with Crippen LogP contribution in [0.3, 0.4) is 0 Å². The van der Waals surface area contributed by atoms with Gasteiger partial charge in [-0.15, -0.1) is 5.10 Å². The molecule has 8 heteroatoms. The van der Waals surface area contributed by atoms with Crippen LogP contribution in [0.5, 0.6) is 5.75 Å². The third kappa shape index (κ3) is 6.17. The molecule has 0 aliphatic heterocycles. The van der Waals surface area contributed by atoms with Gasteiger partial charge in [-0.25, -0.2) is 0 Å². The Kier molecular flexibility index (Phi) is 8.43. The largest absolute Gasteiger partial charge is 0.493 e. The zero-order chi connectivity index (χ0) is 25.5. The third-order valence-electron chi connectivity index (χ3n) is 6.24. The van der Waals surface area contributed by atoms with Crippen LogP contribution >= 0.6 is 23.5 Å². The number of fused-ring (bicyclic) bond motifs is 1. The molecule has 0 saturated heterocycles. The van der Waals surface area contributed by atoms with E-state index in [0.717, 1.165) is 53.6 Å². The van der Waals surface area contributed by atoms with Gasteiger partial charge in [0.05, 0.1) is 12.1 Å². The van der Waals surface area contributed by atoms with E-state index >= 15 is 0 Å². The number of ether oxygens (including phenoxy) is 1. The van der Waals surface area contributed by atoms with E-state index in [1.807, 2.05) is 34.4 Å². The van der Waals surface area contributed by atoms with Gasteiger partial charge in [-0.2, -0.15) is 4.09 Å². The predicted octanol–water partition coefficient (Wildman–Crippen LogP) is 7.17. The second kappa shape index (κ2) is 12.3. The fraction of sp³-hybridized carbons (Fsp3) is 0.276. The molecule has 0 amide bonds. The monoisotopic (exact) mass is 531 g/mol. The van der Waals surface area contributed by atoms with Crippen molar-refractivity contribution in [2.45, 2.75) is 39.0 Å². The standard InChI is InChI=1S/C29H30ClN5OS/c1-2-9-26-25-16-17-34(24-12-4-3-5-13-24)27(25)14-15-28(26)36-18-6-7-19-37-35-29(31-32-33-35)21-22-10-8-11-23(30)20-22/h3-5,8,10-17,20H,2,6-7,9,18-19,21H2,1H3. The summed E-state index contributed by atoms with van der Waals surface area (Å²) in [4.78, 5) is 0. The summed E-state index contributed by atoms with van der Waals surface area (Å²) < 4.78 is 10.3. The van der Waals surface area contributed by atoms with E-state index in [1.54, 1.807) is 11.9 Å². The number of unbranched alkanes of at least 4 members (excludes halogenated alkanes) is 1. The molecule has 3 aromatic carbocycles. The second-order valence-corrected chi connectivity index (χ2v) is 10.4. The minimum Gasteiger partial charge on any atom is -0.493 e. The number of tetrazole rings is 1. The summed E-state index contributed by atoms with van der Waals surface area (Å²) in [6.45, 7) is 2.90. The van der Waals surface area contributed by atoms with Crippen LogP contribution in [0.25, 0.3) is 16.6 Å². The van der Waals surface area contributed by atoms with Crippen molar-refractivity contribution in [2.24, 2.45) is 0 Å². The first-order valence-electron chi connectivity index (χ1n) is 12.7. The third-order valence-corrected chi connectivity index (χ3v) is 7.47. The lowest BCUT2D eigenvalue weighted by atomic mass is 10.0. The summed E-state index contributed by atoms with van der Waals surface area (Å²) in [5.74, 6) is 2.73. The molecule has 6 nitrogen and oxygen atoms in total. The first-order chi connectivity index (χ1) is 18.2. The Balaban J connectivity index is 1.15. The summed E-state index contributed by atoms with van der Waals surface area (Å²) in [6, 6.07) is 24.8. The molecule has 0 atom stereocenters. The Labute approximate surface area is 226 Å². The maximum Gasteiger partial charge on any atom is 0.168 e. The van der Waals surface area contributed by atoms with Crippen LogP contribution in [-0.2, 0) is 12.8 Å². The van der Waals surface area contributed by atoms with E-state index in [-0.39, 0.29) is 0 Å². The maximum atomic E-state index is 6.29. The number of aryl methyl sites for hydroxylation is 1. The molecule has 0 fully saturated rings. The van der Waals surface area contributed by atoms with Gasteiger partial charge < -0.3 is 9.30 Å². The van der Waals surface area contributed by atoms with Gasteiger partial charge in [-0.05, 0) is 89.7 Å². The number of benzene rings is 3. The predicted molar refractivity (Wildman–Crippen MR) is 152 cm³/mol. The number of halogens is 1. The highest BCUT2D eigenvalue weighted by molar-refractivity contribution is 7.97. The lowest BCUT2D eigenvalue weighted by Crippen LogP contribution is -2.03. The average molecular weight is 532 g/mol. The van der Waals surface area contributed by atoms with Crippen molar-refractivity contribution in [3.05, 3.63) is 101 Å². The van der Waals surface area contributed by atoms with Crippen molar-refractivity contribution in [3.8, 4) is 11.4 Å². The van der Waals surface area contributed by atoms with Gasteiger partial charge >= 0.3 is 0 Å². The molecule has 0 bridgehead atoms. The summed E-state index contributed by atoms with van der Waals surface area (Å²) in [6.07, 6.45) is 6.85. The normalized spacial score (nSPS) is 11.3. The number of rotatable bonds is 12. The van der Waals surface area contributed by atoms with Gasteiger partial charge in [-0.1, -0.05) is 55.3 Å². The molecule has 0 N–H and O–H groups in total. The average Bonchev–Trinajstić information content (AvgIpc) is 3.55. The Morgan fingerprint density at radius 1 is 0.973 bits per heavy atom. The number of hydrogen-bond acceptors (Lipinski definition) is 5. The highest BCUT2D eigenvalue weighted by Gasteiger charge is 2.13. The molecule has 0 spiro atoms. The van der Waals surface area contributed by atoms with E-state index in [4.69, 9.17) is 16.3 Å². The van der Waals surface area contributed by atoms with Crippen molar-refractivity contribution in [3.63, 3.8) is 0 Å². The van der Waals surface area contributed by atoms with E-state index in [1.165, 1.54) is 22.2 Å². The van der Waals surface area contributed by atoms with E-state index in [0.29, 0.717) is 13.0 Å². The summed E-state index contributed by atoms with van der Waals surface area (Å²) in [5, 5.41) is 14.2. The lowest BCUT2D eigenvalue weighted by molar-refractivity contribution is 0.307. The van der Waals surface area contributed by atoms with Crippen LogP contribution in [0, 0.1) is 0 Å². The molecule has 5 aromatic rings. The van der Waals surface area contributed by atoms with Crippen LogP contribution < -0.4 is 4.74 Å². The van der Waals surface area contributed by atoms with Gasteiger partial charge in [0, 0.05) is 40.0 Å². The van der Waals surface area contributed by atoms with Crippen molar-refractivity contribution >= 4 is 34.5 Å². The number of aromatic nitrogens is 5. The second-order valence-electron chi connectivity index (χ2n) is 8.91. The quantitative estimate of drug-likeness (QED) is 0.160. The van der Waals surface area contributed by atoms with Crippen LogP contribution in [0.15, 0.2) is 79.0 Å². The Bertz CT molecular complexity index is 1450. The van der Waals surface area contributed by atoms with Gasteiger partial charge in [0.15, 0.2) is 5.82 Å². The van der Waals surface area contributed by atoms with E-state index in [2.05, 4.69) is 75.7 Å². The van der Waals surface area contributed by atoms with Gasteiger partial charge in [0.1, 0.15) is 5.75 Å². The Hall–Kier alpha value is -3.29. The lowest BCUT2D eigenvalue weighted by Gasteiger charge is -2.14. The molecular formula is C29H30ClN5OS. The Morgan fingerprint density at radius 3 is 2.70 bits per heavy atom. The van der Waals surface area contributed by atoms with Crippen molar-refractivity contribution in [2.75, 3.05) is 12.4 Å². The summed E-state index contributed by atoms with van der Waals surface area (Å²) in [7, 11) is 0. The minimum atomic E-state index is 0.651. The number of nitrogens with zero attached hydrogens (tertiary/aromatic N) is 5. The molecule has 37 heavy (non-hydrogen) atoms. The van der Waals surface area contributed by atoms with Crippen molar-refractivity contribution < 1.29 is 4.74 Å². The SMILES string of the molecule is CCCc1c(OCCCCSn2nnnc2Cc2cccc(Cl)c2)ccc2c1ccn2-c1ccccc1. The molecule has 0 saturated carbocycles. The van der Waals surface area contributed by atoms with Gasteiger partial charge in [0.2, 0.25) is 0 Å². The first-order valence-corrected chi connectivity index (χ1v) is 14.0. The topological polar surface area (TPSA) is 57.8 Å². The zero-order valence-corrected chi connectivity index (χ0v) is 22.5. The van der Waals surface area contributed by atoms with Gasteiger partial charge in [-0.3, -0.25) is 0 Å². The molecule has 2 heterocycles. The molecular weight excluding hydrogens is 502 g/mol. The Morgan fingerprint density at radius 2 is 1.86 bits per heavy atom. The van der Waals surface area contributed by atoms with Crippen molar-refractivity contribution in [1.82, 2.24) is 24.2 Å². The van der Waals surface area contributed by atoms with E-state index in [9.17, 15) is 0 Å². The molecule has 5 rings (SSSR count). The fourth-order valence-corrected chi connectivity index (χ4v) is 5.54. The molecule has 0 aliphatic carbocycles. The van der Waals surface area contributed by atoms with Crippen LogP contribution in [0.4, 0.5) is 0 Å². The summed E-state index contributed by atoms with van der Waals surface area (Å²) in [5.41, 5.74) is 4.78. The van der Waals surface area contributed by atoms with Gasteiger partial charge in [0.25, 0.3) is 0 Å². The first kappa shape index (κ1) is 25.4. The molecule has 190 valence electrons. The fourth-order valence-electron chi connectivity index (χ4n) is 4.48. The van der Waals surface area contributed by atoms with Crippen LogP contribution in [0.1, 0.15) is 43.1 Å². The molecule has 0 radical (unpaired) electrons. The molecule has 0 aliphatic rings. The van der Waals surface area contributed by atoms with Crippen molar-refractivity contribution in [1.29, 1.82) is 0 Å². The minimum absolute atomic E-state index is 0.651. The highest BCUT2D eigenvalue weighted by atomic mass is 35.5. The number of para-hydroxylation sites is 1. The smallest absolute Gasteiger partial charge is 0.168 e. The summed E-state index contributed by atoms with van der Waals surface area (Å²) >= 11 is 7.73.